The van der Waals surface area contributed by atoms with Crippen LogP contribution < -0.4 is 0 Å². The lowest BCUT2D eigenvalue weighted by molar-refractivity contribution is 0.506. The Labute approximate surface area is 489 Å². The number of hydrogen-bond donors (Lipinski definition) is 0. The summed E-state index contributed by atoms with van der Waals surface area (Å²) in [6.45, 7) is 2.32. The van der Waals surface area contributed by atoms with Gasteiger partial charge in [0.05, 0.1) is 0 Å². The maximum Gasteiger partial charge on any atom is -0.0279 e. The summed E-state index contributed by atoms with van der Waals surface area (Å²) in [7, 11) is 0. The van der Waals surface area contributed by atoms with Gasteiger partial charge in [-0.15, -0.1) is 0 Å². The SMILES string of the molecule is CCCCCCCCCCCCCCCCCCCCCCCCCCCCCCCCCCCCCCCCCCCCCCCCCCCCCCCCCCCCCCCCCCCCCCCc1ccccc1. The van der Waals surface area contributed by atoms with Gasteiger partial charge in [0.2, 0.25) is 0 Å². The second-order valence-corrected chi connectivity index (χ2v) is 26.3. The number of unbranched alkanes of at least 4 members (excludes halogenated alkanes) is 68. The molecule has 0 fully saturated rings. The van der Waals surface area contributed by atoms with Gasteiger partial charge in [0.25, 0.3) is 0 Å². The average Bonchev–Trinajstić information content (AvgIpc) is 3.45. The molecule has 0 aliphatic carbocycles. The van der Waals surface area contributed by atoms with Gasteiger partial charge in [-0.2, -0.15) is 0 Å². The quantitative estimate of drug-likeness (QED) is 0.0571. The van der Waals surface area contributed by atoms with Gasteiger partial charge in [0.15, 0.2) is 0 Å². The van der Waals surface area contributed by atoms with E-state index in [2.05, 4.69) is 37.3 Å². The van der Waals surface area contributed by atoms with Crippen LogP contribution in [0.4, 0.5) is 0 Å². The summed E-state index contributed by atoms with van der Waals surface area (Å²) in [4.78, 5) is 0. The summed E-state index contributed by atoms with van der Waals surface area (Å²) >= 11 is 0. The standard InChI is InChI=1S/C77H148/c1-2-3-4-5-6-7-8-9-10-11-12-13-14-15-16-17-18-19-20-21-22-23-24-25-26-27-28-29-30-31-32-33-34-35-36-37-38-39-40-41-42-43-44-45-46-47-48-49-50-51-52-53-54-55-56-57-58-59-60-61-62-63-64-65-66-67-68-69-71-74-77-75-72-70-73-76-77/h70,72-73,75-76H,2-69,71,74H2,1H3. The Morgan fingerprint density at radius 2 is 0.260 bits per heavy atom. The molecule has 0 heterocycles. The van der Waals surface area contributed by atoms with Gasteiger partial charge in [-0.05, 0) is 18.4 Å². The molecule has 0 unspecified atom stereocenters. The van der Waals surface area contributed by atoms with Gasteiger partial charge in [-0.1, -0.05) is 474 Å². The summed E-state index contributed by atoms with van der Waals surface area (Å²) in [5, 5.41) is 0. The molecular weight excluding hydrogens is 925 g/mol. The zero-order valence-corrected chi connectivity index (χ0v) is 53.9. The molecule has 1 rings (SSSR count). The number of rotatable bonds is 70. The normalized spacial score (nSPS) is 11.7. The molecule has 0 spiro atoms. The first-order valence-electron chi connectivity index (χ1n) is 37.5. The molecule has 0 nitrogen and oxygen atoms in total. The third-order valence-electron chi connectivity index (χ3n) is 18.4. The number of aryl methyl sites for hydroxylation is 1. The van der Waals surface area contributed by atoms with Crippen LogP contribution in [-0.4, -0.2) is 0 Å². The first-order valence-corrected chi connectivity index (χ1v) is 37.5. The molecular formula is C77H148. The van der Waals surface area contributed by atoms with E-state index in [0.717, 1.165) is 0 Å². The maximum absolute atomic E-state index is 2.32. The van der Waals surface area contributed by atoms with E-state index in [9.17, 15) is 0 Å². The van der Waals surface area contributed by atoms with Crippen molar-refractivity contribution >= 4 is 0 Å². The second-order valence-electron chi connectivity index (χ2n) is 26.3. The molecule has 0 N–H and O–H groups in total. The van der Waals surface area contributed by atoms with Crippen molar-refractivity contribution < 1.29 is 0 Å². The highest BCUT2D eigenvalue weighted by Gasteiger charge is 2.01. The van der Waals surface area contributed by atoms with Crippen LogP contribution in [0, 0.1) is 0 Å². The Balaban J connectivity index is 1.58. The number of hydrogen-bond acceptors (Lipinski definition) is 0. The molecule has 77 heavy (non-hydrogen) atoms. The van der Waals surface area contributed by atoms with Crippen LogP contribution in [-0.2, 0) is 6.42 Å². The highest BCUT2D eigenvalue weighted by atomic mass is 14.1. The van der Waals surface area contributed by atoms with Crippen LogP contribution in [0.1, 0.15) is 456 Å². The molecule has 0 aliphatic heterocycles. The molecule has 1 aromatic rings. The van der Waals surface area contributed by atoms with Gasteiger partial charge in [-0.3, -0.25) is 0 Å². The Bertz CT molecular complexity index is 1120. The van der Waals surface area contributed by atoms with Crippen LogP contribution in [0.15, 0.2) is 30.3 Å². The monoisotopic (exact) mass is 1070 g/mol. The van der Waals surface area contributed by atoms with Crippen LogP contribution in [0.25, 0.3) is 0 Å². The largest absolute Gasteiger partial charge is 0.0654 e. The van der Waals surface area contributed by atoms with Crippen LogP contribution in [0.5, 0.6) is 0 Å². The molecule has 456 valence electrons. The van der Waals surface area contributed by atoms with E-state index in [1.54, 1.807) is 0 Å². The molecule has 0 aliphatic rings. The fourth-order valence-corrected chi connectivity index (χ4v) is 12.9. The van der Waals surface area contributed by atoms with Gasteiger partial charge in [0, 0.05) is 0 Å². The molecule has 0 aromatic heterocycles. The minimum atomic E-state index is 1.26. The third-order valence-corrected chi connectivity index (χ3v) is 18.4. The Morgan fingerprint density at radius 1 is 0.143 bits per heavy atom. The van der Waals surface area contributed by atoms with Gasteiger partial charge in [0.1, 0.15) is 0 Å². The summed E-state index contributed by atoms with van der Waals surface area (Å²) in [5.41, 5.74) is 1.51. The predicted octanol–water partition coefficient (Wildman–Crippen LogP) is 29.2. The van der Waals surface area contributed by atoms with Crippen LogP contribution >= 0.6 is 0 Å². The number of benzene rings is 1. The average molecular weight is 1070 g/mol. The van der Waals surface area contributed by atoms with E-state index < -0.39 is 0 Å². The molecule has 0 saturated carbocycles. The predicted molar refractivity (Wildman–Crippen MR) is 354 cm³/mol. The molecule has 0 atom stereocenters. The first-order chi connectivity index (χ1) is 38.4. The van der Waals surface area contributed by atoms with E-state index in [1.807, 2.05) is 0 Å². The van der Waals surface area contributed by atoms with Crippen molar-refractivity contribution in [2.24, 2.45) is 0 Å². The molecule has 0 radical (unpaired) electrons. The molecule has 0 saturated heterocycles. The lowest BCUT2D eigenvalue weighted by atomic mass is 10.0. The van der Waals surface area contributed by atoms with E-state index >= 15 is 0 Å². The van der Waals surface area contributed by atoms with Crippen molar-refractivity contribution in [2.75, 3.05) is 0 Å². The summed E-state index contributed by atoms with van der Waals surface area (Å²) in [6.07, 6.45) is 104. The van der Waals surface area contributed by atoms with Crippen molar-refractivity contribution in [3.05, 3.63) is 35.9 Å². The lowest BCUT2D eigenvalue weighted by Crippen LogP contribution is -1.86. The lowest BCUT2D eigenvalue weighted by Gasteiger charge is -2.05. The van der Waals surface area contributed by atoms with E-state index in [-0.39, 0.29) is 0 Å². The van der Waals surface area contributed by atoms with Gasteiger partial charge < -0.3 is 0 Å². The van der Waals surface area contributed by atoms with Crippen molar-refractivity contribution in [1.29, 1.82) is 0 Å². The maximum atomic E-state index is 2.32. The zero-order valence-electron chi connectivity index (χ0n) is 53.9. The van der Waals surface area contributed by atoms with Crippen molar-refractivity contribution in [3.63, 3.8) is 0 Å². The summed E-state index contributed by atoms with van der Waals surface area (Å²) < 4.78 is 0. The zero-order chi connectivity index (χ0) is 54.6. The molecule has 0 amide bonds. The Kier molecular flexibility index (Phi) is 67.0. The minimum absolute atomic E-state index is 1.26. The van der Waals surface area contributed by atoms with E-state index in [1.165, 1.54) is 455 Å². The summed E-state index contributed by atoms with van der Waals surface area (Å²) in [6, 6.07) is 11.0. The molecule has 0 heteroatoms. The van der Waals surface area contributed by atoms with E-state index in [4.69, 9.17) is 0 Å². The van der Waals surface area contributed by atoms with Gasteiger partial charge >= 0.3 is 0 Å². The minimum Gasteiger partial charge on any atom is -0.0654 e. The van der Waals surface area contributed by atoms with Crippen LogP contribution in [0.3, 0.4) is 0 Å². The van der Waals surface area contributed by atoms with Crippen molar-refractivity contribution in [1.82, 2.24) is 0 Å². The molecule has 0 bridgehead atoms. The fraction of sp³-hybridized carbons (Fsp3) is 0.922. The van der Waals surface area contributed by atoms with E-state index in [0.29, 0.717) is 0 Å². The van der Waals surface area contributed by atoms with Gasteiger partial charge in [-0.25, -0.2) is 0 Å². The van der Waals surface area contributed by atoms with Crippen molar-refractivity contribution in [3.8, 4) is 0 Å². The van der Waals surface area contributed by atoms with Crippen LogP contribution in [0.2, 0.25) is 0 Å². The smallest absolute Gasteiger partial charge is 0.0279 e. The third kappa shape index (κ3) is 65.9. The first kappa shape index (κ1) is 74.2. The van der Waals surface area contributed by atoms with Crippen molar-refractivity contribution in [2.45, 2.75) is 456 Å². The highest BCUT2D eigenvalue weighted by molar-refractivity contribution is 5.14. The molecule has 1 aromatic carbocycles. The Morgan fingerprint density at radius 3 is 0.390 bits per heavy atom. The highest BCUT2D eigenvalue weighted by Crippen LogP contribution is 2.21. The fourth-order valence-electron chi connectivity index (χ4n) is 12.9. The topological polar surface area (TPSA) is 0 Å². The second kappa shape index (κ2) is 69.5. The summed E-state index contributed by atoms with van der Waals surface area (Å²) in [5.74, 6) is 0. The Hall–Kier alpha value is -0.780.